The number of amides is 1. The second-order valence-corrected chi connectivity index (χ2v) is 2.80. The van der Waals surface area contributed by atoms with E-state index >= 15 is 0 Å². The van der Waals surface area contributed by atoms with Gasteiger partial charge in [-0.1, -0.05) is 11.6 Å². The molecule has 0 bridgehead atoms. The molecule has 0 unspecified atom stereocenters. The van der Waals surface area contributed by atoms with Gasteiger partial charge in [-0.15, -0.1) is 10.2 Å². The van der Waals surface area contributed by atoms with Crippen molar-refractivity contribution >= 4 is 23.5 Å². The Bertz CT molecular complexity index is 407. The molecular formula is C7H5ClF3N3O3. The van der Waals surface area contributed by atoms with Crippen LogP contribution in [0.4, 0.5) is 13.2 Å². The zero-order chi connectivity index (χ0) is 13.6. The van der Waals surface area contributed by atoms with Crippen molar-refractivity contribution in [1.82, 2.24) is 10.2 Å². The van der Waals surface area contributed by atoms with E-state index in [1.165, 1.54) is 12.1 Å². The lowest BCUT2D eigenvalue weighted by atomic mass is 10.4. The van der Waals surface area contributed by atoms with Crippen LogP contribution in [0.1, 0.15) is 10.5 Å². The summed E-state index contributed by atoms with van der Waals surface area (Å²) in [6.07, 6.45) is -5.08. The highest BCUT2D eigenvalue weighted by molar-refractivity contribution is 6.29. The highest BCUT2D eigenvalue weighted by Crippen LogP contribution is 2.13. The second kappa shape index (κ2) is 5.99. The maximum atomic E-state index is 10.6. The minimum atomic E-state index is -5.08. The van der Waals surface area contributed by atoms with Gasteiger partial charge in [-0.05, 0) is 12.1 Å². The molecule has 0 aliphatic heterocycles. The fourth-order valence-corrected chi connectivity index (χ4v) is 0.548. The number of aliphatic carboxylic acids is 1. The number of carbonyl (C=O) groups excluding carboxylic acids is 1. The number of aromatic nitrogens is 2. The molecule has 17 heavy (non-hydrogen) atoms. The second-order valence-electron chi connectivity index (χ2n) is 2.41. The first kappa shape index (κ1) is 15.1. The molecule has 0 spiro atoms. The number of rotatable bonds is 1. The van der Waals surface area contributed by atoms with Crippen LogP contribution in [0.2, 0.25) is 5.15 Å². The van der Waals surface area contributed by atoms with Crippen molar-refractivity contribution in [2.24, 2.45) is 5.73 Å². The molecule has 94 valence electrons. The van der Waals surface area contributed by atoms with Crippen LogP contribution in [0.5, 0.6) is 0 Å². The van der Waals surface area contributed by atoms with Gasteiger partial charge >= 0.3 is 12.1 Å². The fourth-order valence-electron chi connectivity index (χ4n) is 0.447. The molecule has 6 nitrogen and oxygen atoms in total. The van der Waals surface area contributed by atoms with Gasteiger partial charge in [0.1, 0.15) is 0 Å². The van der Waals surface area contributed by atoms with E-state index in [0.717, 1.165) is 0 Å². The van der Waals surface area contributed by atoms with E-state index in [2.05, 4.69) is 10.2 Å². The molecule has 0 saturated carbocycles. The van der Waals surface area contributed by atoms with Gasteiger partial charge in [-0.3, -0.25) is 4.79 Å². The summed E-state index contributed by atoms with van der Waals surface area (Å²) in [4.78, 5) is 19.3. The third kappa shape index (κ3) is 6.30. The van der Waals surface area contributed by atoms with E-state index < -0.39 is 18.1 Å². The lowest BCUT2D eigenvalue weighted by Gasteiger charge is -1.93. The van der Waals surface area contributed by atoms with Crippen LogP contribution < -0.4 is 5.73 Å². The van der Waals surface area contributed by atoms with Gasteiger partial charge in [0.15, 0.2) is 10.8 Å². The van der Waals surface area contributed by atoms with Crippen LogP contribution in [0.15, 0.2) is 12.1 Å². The molecule has 1 aromatic rings. The summed E-state index contributed by atoms with van der Waals surface area (Å²) >= 11 is 5.39. The van der Waals surface area contributed by atoms with E-state index in [1.807, 2.05) is 0 Å². The van der Waals surface area contributed by atoms with E-state index in [0.29, 0.717) is 0 Å². The molecule has 1 aromatic heterocycles. The minimum absolute atomic E-state index is 0.115. The van der Waals surface area contributed by atoms with Crippen LogP contribution in [0.25, 0.3) is 0 Å². The number of hydrogen-bond donors (Lipinski definition) is 2. The Kier molecular flexibility index (Phi) is 5.32. The number of primary amides is 1. The molecular weight excluding hydrogens is 267 g/mol. The summed E-state index contributed by atoms with van der Waals surface area (Å²) in [6, 6.07) is 2.87. The molecule has 0 atom stereocenters. The van der Waals surface area contributed by atoms with E-state index in [4.69, 9.17) is 27.2 Å². The van der Waals surface area contributed by atoms with Crippen molar-refractivity contribution in [3.05, 3.63) is 23.0 Å². The predicted octanol–water partition coefficient (Wildman–Crippen LogP) is 0.862. The topological polar surface area (TPSA) is 106 Å². The summed E-state index contributed by atoms with van der Waals surface area (Å²) < 4.78 is 31.7. The van der Waals surface area contributed by atoms with Gasteiger partial charge in [0, 0.05) is 0 Å². The molecule has 1 heterocycles. The third-order valence-corrected chi connectivity index (χ3v) is 1.33. The van der Waals surface area contributed by atoms with Crippen molar-refractivity contribution in [3.8, 4) is 0 Å². The number of carboxylic acids is 1. The summed E-state index contributed by atoms with van der Waals surface area (Å²) in [5.41, 5.74) is 4.99. The quantitative estimate of drug-likeness (QED) is 0.788. The molecule has 1 rings (SSSR count). The fraction of sp³-hybridized carbons (Fsp3) is 0.143. The minimum Gasteiger partial charge on any atom is -0.475 e. The average Bonchev–Trinajstić information content (AvgIpc) is 2.17. The van der Waals surface area contributed by atoms with Crippen molar-refractivity contribution in [2.45, 2.75) is 6.18 Å². The van der Waals surface area contributed by atoms with Crippen molar-refractivity contribution in [2.75, 3.05) is 0 Å². The molecule has 0 aliphatic carbocycles. The monoisotopic (exact) mass is 271 g/mol. The van der Waals surface area contributed by atoms with E-state index in [-0.39, 0.29) is 10.8 Å². The van der Waals surface area contributed by atoms with Gasteiger partial charge in [-0.25, -0.2) is 4.79 Å². The van der Waals surface area contributed by atoms with Crippen molar-refractivity contribution in [3.63, 3.8) is 0 Å². The Morgan fingerprint density at radius 3 is 2.00 bits per heavy atom. The normalized spacial score (nSPS) is 10.1. The van der Waals surface area contributed by atoms with Crippen molar-refractivity contribution in [1.29, 1.82) is 0 Å². The highest BCUT2D eigenvalue weighted by Gasteiger charge is 2.38. The molecule has 0 radical (unpaired) electrons. The lowest BCUT2D eigenvalue weighted by molar-refractivity contribution is -0.192. The lowest BCUT2D eigenvalue weighted by Crippen LogP contribution is -2.21. The Balaban J connectivity index is 0.000000325. The van der Waals surface area contributed by atoms with Gasteiger partial charge in [-0.2, -0.15) is 13.2 Å². The number of nitrogens with zero attached hydrogens (tertiary/aromatic N) is 2. The van der Waals surface area contributed by atoms with Gasteiger partial charge < -0.3 is 10.8 Å². The van der Waals surface area contributed by atoms with Crippen LogP contribution in [-0.4, -0.2) is 33.4 Å². The van der Waals surface area contributed by atoms with E-state index in [1.54, 1.807) is 0 Å². The average molecular weight is 272 g/mol. The largest absolute Gasteiger partial charge is 0.490 e. The Morgan fingerprint density at radius 2 is 1.76 bits per heavy atom. The molecule has 10 heteroatoms. The maximum absolute atomic E-state index is 10.6. The molecule has 1 amide bonds. The number of hydrogen-bond acceptors (Lipinski definition) is 4. The number of alkyl halides is 3. The number of carbonyl (C=O) groups is 2. The zero-order valence-electron chi connectivity index (χ0n) is 7.90. The number of nitrogens with two attached hydrogens (primary N) is 1. The molecule has 0 saturated heterocycles. The van der Waals surface area contributed by atoms with E-state index in [9.17, 15) is 18.0 Å². The molecule has 0 aromatic carbocycles. The summed E-state index contributed by atoms with van der Waals surface area (Å²) in [6.45, 7) is 0. The summed E-state index contributed by atoms with van der Waals surface area (Å²) in [7, 11) is 0. The summed E-state index contributed by atoms with van der Waals surface area (Å²) in [5.74, 6) is -3.36. The van der Waals surface area contributed by atoms with Crippen molar-refractivity contribution < 1.29 is 27.9 Å². The smallest absolute Gasteiger partial charge is 0.475 e. The van der Waals surface area contributed by atoms with Gasteiger partial charge in [0.05, 0.1) is 0 Å². The SMILES string of the molecule is NC(=O)c1ccc(Cl)nn1.O=C(O)C(F)(F)F. The van der Waals surface area contributed by atoms with Gasteiger partial charge in [0.2, 0.25) is 0 Å². The summed E-state index contributed by atoms with van der Waals surface area (Å²) in [5, 5.41) is 14.2. The maximum Gasteiger partial charge on any atom is 0.490 e. The van der Waals surface area contributed by atoms with Crippen LogP contribution >= 0.6 is 11.6 Å². The molecule has 0 aliphatic rings. The van der Waals surface area contributed by atoms with Crippen LogP contribution in [-0.2, 0) is 4.79 Å². The Morgan fingerprint density at radius 1 is 1.29 bits per heavy atom. The number of carboxylic acid groups (broad SMARTS) is 1. The van der Waals surface area contributed by atoms with Gasteiger partial charge in [0.25, 0.3) is 5.91 Å². The molecule has 3 N–H and O–H groups in total. The molecule has 0 fully saturated rings. The van der Waals surface area contributed by atoms with Crippen LogP contribution in [0.3, 0.4) is 0 Å². The van der Waals surface area contributed by atoms with Crippen LogP contribution in [0, 0.1) is 0 Å². The predicted molar refractivity (Wildman–Crippen MR) is 49.3 cm³/mol. The first-order valence-electron chi connectivity index (χ1n) is 3.73. The Hall–Kier alpha value is -1.90. The Labute approximate surface area is 97.2 Å². The third-order valence-electron chi connectivity index (χ3n) is 1.13. The number of halogens is 4. The first-order valence-corrected chi connectivity index (χ1v) is 4.11. The zero-order valence-corrected chi connectivity index (χ0v) is 8.66. The first-order chi connectivity index (χ1) is 7.64. The standard InChI is InChI=1S/C5H4ClN3O.C2HF3O2/c6-4-2-1-3(5(7)10)8-9-4;3-2(4,5)1(6)7/h1-2H,(H2,7,10);(H,6,7). The highest BCUT2D eigenvalue weighted by atomic mass is 35.5.